The summed E-state index contributed by atoms with van der Waals surface area (Å²) in [6, 6.07) is 8.58. The number of esters is 1. The van der Waals surface area contributed by atoms with E-state index in [4.69, 9.17) is 4.74 Å². The van der Waals surface area contributed by atoms with E-state index in [1.54, 1.807) is 0 Å². The maximum atomic E-state index is 11.8. The number of aliphatic hydroxyl groups excluding tert-OH is 1. The Kier molecular flexibility index (Phi) is 6.44. The second-order valence-electron chi connectivity index (χ2n) is 6.28. The van der Waals surface area contributed by atoms with Crippen LogP contribution >= 0.6 is 0 Å². The number of hydrogen-bond donors (Lipinski definition) is 1. The van der Waals surface area contributed by atoms with E-state index in [0.717, 1.165) is 24.8 Å². The largest absolute Gasteiger partial charge is 0.466 e. The van der Waals surface area contributed by atoms with Crippen LogP contribution in [-0.4, -0.2) is 23.8 Å². The molecule has 1 aliphatic rings. The molecule has 1 aliphatic carbocycles. The zero-order chi connectivity index (χ0) is 15.9. The summed E-state index contributed by atoms with van der Waals surface area (Å²) in [6.45, 7) is 4.45. The molecule has 1 fully saturated rings. The fourth-order valence-corrected chi connectivity index (χ4v) is 3.50. The maximum Gasteiger partial charge on any atom is 0.306 e. The third-order valence-electron chi connectivity index (χ3n) is 4.67. The monoisotopic (exact) mass is 304 g/mol. The van der Waals surface area contributed by atoms with Crippen molar-refractivity contribution in [3.63, 3.8) is 0 Å². The van der Waals surface area contributed by atoms with Crippen molar-refractivity contribution < 1.29 is 14.6 Å². The van der Waals surface area contributed by atoms with Crippen molar-refractivity contribution in [2.24, 2.45) is 5.92 Å². The first-order chi connectivity index (χ1) is 10.7. The summed E-state index contributed by atoms with van der Waals surface area (Å²) in [4.78, 5) is 11.8. The molecule has 0 aromatic heterocycles. The molecule has 0 spiro atoms. The highest BCUT2D eigenvalue weighted by Crippen LogP contribution is 2.42. The summed E-state index contributed by atoms with van der Waals surface area (Å²) in [5.74, 6) is 0.103. The molecule has 22 heavy (non-hydrogen) atoms. The molecule has 0 amide bonds. The number of benzene rings is 1. The molecular formula is C19H28O3. The number of ether oxygens (including phenoxy) is 1. The number of rotatable bonds is 7. The Labute approximate surface area is 133 Å². The lowest BCUT2D eigenvalue weighted by molar-refractivity contribution is -0.144. The molecule has 3 nitrogen and oxygen atoms in total. The van der Waals surface area contributed by atoms with Gasteiger partial charge in [0, 0.05) is 12.3 Å². The Morgan fingerprint density at radius 2 is 1.95 bits per heavy atom. The Morgan fingerprint density at radius 3 is 2.59 bits per heavy atom. The lowest BCUT2D eigenvalue weighted by Gasteiger charge is -2.22. The summed E-state index contributed by atoms with van der Waals surface area (Å²) in [5.41, 5.74) is 2.50. The molecule has 0 heterocycles. The van der Waals surface area contributed by atoms with Gasteiger partial charge in [-0.1, -0.05) is 37.6 Å². The molecule has 0 aliphatic heterocycles. The van der Waals surface area contributed by atoms with Crippen LogP contribution in [0.25, 0.3) is 0 Å². The molecule has 0 radical (unpaired) electrons. The minimum atomic E-state index is -0.346. The molecule has 3 unspecified atom stereocenters. The zero-order valence-corrected chi connectivity index (χ0v) is 13.8. The van der Waals surface area contributed by atoms with Crippen LogP contribution in [0.15, 0.2) is 24.3 Å². The summed E-state index contributed by atoms with van der Waals surface area (Å²) < 4.78 is 5.07. The van der Waals surface area contributed by atoms with Crippen molar-refractivity contribution >= 4 is 5.97 Å². The van der Waals surface area contributed by atoms with Crippen LogP contribution in [0, 0.1) is 5.92 Å². The first kappa shape index (κ1) is 17.0. The predicted molar refractivity (Wildman–Crippen MR) is 87.8 cm³/mol. The van der Waals surface area contributed by atoms with Gasteiger partial charge in [0.15, 0.2) is 0 Å². The van der Waals surface area contributed by atoms with Gasteiger partial charge >= 0.3 is 5.97 Å². The van der Waals surface area contributed by atoms with E-state index in [2.05, 4.69) is 31.2 Å². The van der Waals surface area contributed by atoms with Gasteiger partial charge in [-0.2, -0.15) is 0 Å². The van der Waals surface area contributed by atoms with E-state index >= 15 is 0 Å². The molecule has 1 saturated carbocycles. The molecule has 3 heteroatoms. The minimum absolute atomic E-state index is 0.0598. The fourth-order valence-electron chi connectivity index (χ4n) is 3.50. The highest BCUT2D eigenvalue weighted by Gasteiger charge is 2.37. The van der Waals surface area contributed by atoms with E-state index in [1.807, 2.05) is 6.92 Å². The number of aryl methyl sites for hydroxylation is 1. The molecule has 0 saturated heterocycles. The van der Waals surface area contributed by atoms with Crippen molar-refractivity contribution in [1.29, 1.82) is 0 Å². The molecular weight excluding hydrogens is 276 g/mol. The number of aliphatic hydroxyl groups is 1. The van der Waals surface area contributed by atoms with E-state index in [-0.39, 0.29) is 23.9 Å². The lowest BCUT2D eigenvalue weighted by atomic mass is 9.85. The summed E-state index contributed by atoms with van der Waals surface area (Å²) in [7, 11) is 0. The van der Waals surface area contributed by atoms with Gasteiger partial charge in [0.1, 0.15) is 0 Å². The van der Waals surface area contributed by atoms with Crippen LogP contribution in [0.5, 0.6) is 0 Å². The van der Waals surface area contributed by atoms with E-state index in [0.29, 0.717) is 13.0 Å². The number of unbranched alkanes of at least 4 members (excludes halogenated alkanes) is 1. The number of hydrogen-bond acceptors (Lipinski definition) is 3. The summed E-state index contributed by atoms with van der Waals surface area (Å²) >= 11 is 0. The van der Waals surface area contributed by atoms with Crippen LogP contribution in [0.4, 0.5) is 0 Å². The normalized spacial score (nSPS) is 24.4. The molecule has 1 aromatic rings. The first-order valence-electron chi connectivity index (χ1n) is 8.58. The minimum Gasteiger partial charge on any atom is -0.466 e. The van der Waals surface area contributed by atoms with Crippen molar-refractivity contribution in [1.82, 2.24) is 0 Å². The van der Waals surface area contributed by atoms with Crippen LogP contribution in [0.3, 0.4) is 0 Å². The molecule has 1 N–H and O–H groups in total. The average molecular weight is 304 g/mol. The molecule has 0 bridgehead atoms. The molecule has 3 atom stereocenters. The zero-order valence-electron chi connectivity index (χ0n) is 13.8. The first-order valence-corrected chi connectivity index (χ1v) is 8.58. The molecule has 2 rings (SSSR count). The van der Waals surface area contributed by atoms with Gasteiger partial charge in [0.05, 0.1) is 12.7 Å². The van der Waals surface area contributed by atoms with Gasteiger partial charge in [0.2, 0.25) is 0 Å². The van der Waals surface area contributed by atoms with Gasteiger partial charge in [-0.3, -0.25) is 4.79 Å². The Bertz CT molecular complexity index is 466. The SMILES string of the molecule is CCCCc1ccc(C2C(O)CCC2CC(=O)OCC)cc1. The van der Waals surface area contributed by atoms with Gasteiger partial charge in [-0.25, -0.2) is 0 Å². The van der Waals surface area contributed by atoms with Gasteiger partial charge < -0.3 is 9.84 Å². The number of carbonyl (C=O) groups excluding carboxylic acids is 1. The van der Waals surface area contributed by atoms with Gasteiger partial charge in [-0.15, -0.1) is 0 Å². The van der Waals surface area contributed by atoms with Crippen LogP contribution < -0.4 is 0 Å². The Balaban J connectivity index is 2.05. The van der Waals surface area contributed by atoms with E-state index in [9.17, 15) is 9.90 Å². The van der Waals surface area contributed by atoms with Gasteiger partial charge in [0.25, 0.3) is 0 Å². The topological polar surface area (TPSA) is 46.5 Å². The average Bonchev–Trinajstić information content (AvgIpc) is 2.86. The third kappa shape index (κ3) is 4.33. The Hall–Kier alpha value is -1.35. The molecule has 1 aromatic carbocycles. The maximum absolute atomic E-state index is 11.8. The van der Waals surface area contributed by atoms with E-state index < -0.39 is 0 Å². The fraction of sp³-hybridized carbons (Fsp3) is 0.632. The smallest absolute Gasteiger partial charge is 0.306 e. The predicted octanol–water partition coefficient (Wildman–Crippen LogP) is 3.84. The van der Waals surface area contributed by atoms with Crippen LogP contribution in [0.2, 0.25) is 0 Å². The van der Waals surface area contributed by atoms with E-state index in [1.165, 1.54) is 18.4 Å². The third-order valence-corrected chi connectivity index (χ3v) is 4.67. The second-order valence-corrected chi connectivity index (χ2v) is 6.28. The van der Waals surface area contributed by atoms with Gasteiger partial charge in [-0.05, 0) is 49.7 Å². The van der Waals surface area contributed by atoms with Crippen LogP contribution in [0.1, 0.15) is 63.0 Å². The number of carbonyl (C=O) groups is 1. The summed E-state index contributed by atoms with van der Waals surface area (Å²) in [5, 5.41) is 10.3. The highest BCUT2D eigenvalue weighted by atomic mass is 16.5. The van der Waals surface area contributed by atoms with Crippen molar-refractivity contribution in [3.8, 4) is 0 Å². The molecule has 122 valence electrons. The second kappa shape index (κ2) is 8.33. The van der Waals surface area contributed by atoms with Crippen molar-refractivity contribution in [2.45, 2.75) is 64.4 Å². The quantitative estimate of drug-likeness (QED) is 0.779. The standard InChI is InChI=1S/C19H28O3/c1-3-5-6-14-7-9-15(10-8-14)19-16(11-12-17(19)20)13-18(21)22-4-2/h7-10,16-17,19-20H,3-6,11-13H2,1-2H3. The Morgan fingerprint density at radius 1 is 1.23 bits per heavy atom. The lowest BCUT2D eigenvalue weighted by Crippen LogP contribution is -2.20. The van der Waals surface area contributed by atoms with Crippen LogP contribution in [-0.2, 0) is 16.0 Å². The summed E-state index contributed by atoms with van der Waals surface area (Å²) in [6.07, 6.45) is 5.24. The highest BCUT2D eigenvalue weighted by molar-refractivity contribution is 5.69. The van der Waals surface area contributed by atoms with Crippen molar-refractivity contribution in [3.05, 3.63) is 35.4 Å². The van der Waals surface area contributed by atoms with Crippen molar-refractivity contribution in [2.75, 3.05) is 6.61 Å².